The molecule has 1 N–H and O–H groups in total. The zero-order valence-corrected chi connectivity index (χ0v) is 10.9. The molecule has 0 unspecified atom stereocenters. The fourth-order valence-electron chi connectivity index (χ4n) is 1.60. The number of hydrogen-bond donors (Lipinski definition) is 1. The molecule has 0 saturated heterocycles. The first kappa shape index (κ1) is 13.8. The van der Waals surface area contributed by atoms with Crippen molar-refractivity contribution in [2.24, 2.45) is 0 Å². The molecule has 0 saturated carbocycles. The first-order valence-corrected chi connectivity index (χ1v) is 6.08. The molecule has 1 aromatic rings. The Morgan fingerprint density at radius 3 is 2.71 bits per heavy atom. The smallest absolute Gasteiger partial charge is 0.0960 e. The van der Waals surface area contributed by atoms with Crippen LogP contribution in [0.15, 0.2) is 46.3 Å². The lowest BCUT2D eigenvalue weighted by atomic mass is 10.1. The normalized spacial score (nSPS) is 13.5. The van der Waals surface area contributed by atoms with Gasteiger partial charge in [-0.2, -0.15) is 0 Å². The summed E-state index contributed by atoms with van der Waals surface area (Å²) in [5.74, 6) is 0. The van der Waals surface area contributed by atoms with Crippen molar-refractivity contribution in [3.63, 3.8) is 0 Å². The maximum Gasteiger partial charge on any atom is 0.0960 e. The van der Waals surface area contributed by atoms with Crippen LogP contribution in [-0.2, 0) is 0 Å². The minimum atomic E-state index is -0.452. The highest BCUT2D eigenvalue weighted by Crippen LogP contribution is 2.19. The van der Waals surface area contributed by atoms with E-state index in [0.717, 1.165) is 18.4 Å². The van der Waals surface area contributed by atoms with E-state index in [2.05, 4.69) is 32.9 Å². The fourth-order valence-corrected chi connectivity index (χ4v) is 1.60. The van der Waals surface area contributed by atoms with Gasteiger partial charge in [-0.3, -0.25) is 0 Å². The van der Waals surface area contributed by atoms with Gasteiger partial charge in [0.2, 0.25) is 0 Å². The third-order valence-corrected chi connectivity index (χ3v) is 2.71. The van der Waals surface area contributed by atoms with E-state index in [1.807, 2.05) is 0 Å². The summed E-state index contributed by atoms with van der Waals surface area (Å²) in [6.45, 7) is 6.34. The predicted octanol–water partition coefficient (Wildman–Crippen LogP) is 4.40. The van der Waals surface area contributed by atoms with Gasteiger partial charge in [-0.1, -0.05) is 23.3 Å². The minimum absolute atomic E-state index is 0.452. The second-order valence-electron chi connectivity index (χ2n) is 4.68. The summed E-state index contributed by atoms with van der Waals surface area (Å²) < 4.78 is 4.95. The third kappa shape index (κ3) is 5.55. The second kappa shape index (κ2) is 7.13. The van der Waals surface area contributed by atoms with Gasteiger partial charge in [-0.05, 0) is 46.1 Å². The Hall–Kier alpha value is -1.28. The number of allylic oxidation sites excluding steroid dienone is 3. The molecule has 2 nitrogen and oxygen atoms in total. The van der Waals surface area contributed by atoms with Crippen LogP contribution in [0, 0.1) is 0 Å². The molecule has 1 aromatic heterocycles. The maximum atomic E-state index is 9.86. The van der Waals surface area contributed by atoms with E-state index >= 15 is 0 Å². The molecule has 0 fully saturated rings. The standard InChI is InChI=1S/C15H22O2/c1-12(2)5-4-6-13(3)7-8-15(16)14-9-10-17-11-14/h5,7,9-11,15-16H,4,6,8H2,1-3H3/b13-7+/t15-/m1/s1. The summed E-state index contributed by atoms with van der Waals surface area (Å²) in [5.41, 5.74) is 3.53. The molecule has 1 rings (SSSR count). The quantitative estimate of drug-likeness (QED) is 0.740. The van der Waals surface area contributed by atoms with Gasteiger partial charge >= 0.3 is 0 Å². The highest BCUT2D eigenvalue weighted by atomic mass is 16.3. The first-order chi connectivity index (χ1) is 8.09. The average molecular weight is 234 g/mol. The van der Waals surface area contributed by atoms with Gasteiger partial charge in [0.1, 0.15) is 0 Å². The summed E-state index contributed by atoms with van der Waals surface area (Å²) >= 11 is 0. The molecule has 0 aliphatic heterocycles. The summed E-state index contributed by atoms with van der Waals surface area (Å²) in [7, 11) is 0. The fraction of sp³-hybridized carbons (Fsp3) is 0.467. The number of aliphatic hydroxyl groups excluding tert-OH is 1. The molecular formula is C15H22O2. The molecule has 94 valence electrons. The predicted molar refractivity (Wildman–Crippen MR) is 70.7 cm³/mol. The van der Waals surface area contributed by atoms with Gasteiger partial charge in [0.05, 0.1) is 18.6 Å². The van der Waals surface area contributed by atoms with E-state index in [4.69, 9.17) is 4.42 Å². The Labute approximate surface area is 104 Å². The topological polar surface area (TPSA) is 33.4 Å². The first-order valence-electron chi connectivity index (χ1n) is 6.08. The zero-order chi connectivity index (χ0) is 12.7. The van der Waals surface area contributed by atoms with Crippen molar-refractivity contribution >= 4 is 0 Å². The van der Waals surface area contributed by atoms with Crippen molar-refractivity contribution in [1.29, 1.82) is 0 Å². The van der Waals surface area contributed by atoms with Crippen molar-refractivity contribution in [2.75, 3.05) is 0 Å². The molecule has 1 atom stereocenters. The summed E-state index contributed by atoms with van der Waals surface area (Å²) in [6, 6.07) is 1.80. The Balaban J connectivity index is 2.35. The number of aliphatic hydroxyl groups is 1. The van der Waals surface area contributed by atoms with Crippen LogP contribution in [0.2, 0.25) is 0 Å². The van der Waals surface area contributed by atoms with E-state index in [9.17, 15) is 5.11 Å². The lowest BCUT2D eigenvalue weighted by molar-refractivity contribution is 0.180. The number of furan rings is 1. The summed E-state index contributed by atoms with van der Waals surface area (Å²) in [4.78, 5) is 0. The van der Waals surface area contributed by atoms with Crippen LogP contribution in [-0.4, -0.2) is 5.11 Å². The van der Waals surface area contributed by atoms with Gasteiger partial charge in [0.25, 0.3) is 0 Å². The Morgan fingerprint density at radius 1 is 1.35 bits per heavy atom. The average Bonchev–Trinajstić information content (AvgIpc) is 2.78. The Morgan fingerprint density at radius 2 is 2.12 bits per heavy atom. The molecule has 0 radical (unpaired) electrons. The van der Waals surface area contributed by atoms with E-state index in [-0.39, 0.29) is 0 Å². The van der Waals surface area contributed by atoms with E-state index in [1.165, 1.54) is 11.1 Å². The van der Waals surface area contributed by atoms with Crippen molar-refractivity contribution in [1.82, 2.24) is 0 Å². The van der Waals surface area contributed by atoms with Gasteiger partial charge in [-0.15, -0.1) is 0 Å². The van der Waals surface area contributed by atoms with Crippen LogP contribution in [0.3, 0.4) is 0 Å². The maximum absolute atomic E-state index is 9.86. The van der Waals surface area contributed by atoms with Crippen LogP contribution >= 0.6 is 0 Å². The SMILES string of the molecule is CC(C)=CCC/C(C)=C/C[C@@H](O)c1ccoc1. The van der Waals surface area contributed by atoms with Crippen LogP contribution < -0.4 is 0 Å². The van der Waals surface area contributed by atoms with Gasteiger partial charge in [-0.25, -0.2) is 0 Å². The Bertz CT molecular complexity index is 368. The largest absolute Gasteiger partial charge is 0.472 e. The third-order valence-electron chi connectivity index (χ3n) is 2.71. The van der Waals surface area contributed by atoms with Crippen LogP contribution in [0.1, 0.15) is 51.7 Å². The van der Waals surface area contributed by atoms with E-state index in [1.54, 1.807) is 18.6 Å². The van der Waals surface area contributed by atoms with Gasteiger partial charge in [0, 0.05) is 5.56 Å². The summed E-state index contributed by atoms with van der Waals surface area (Å²) in [6.07, 6.45) is 9.87. The number of hydrogen-bond acceptors (Lipinski definition) is 2. The summed E-state index contributed by atoms with van der Waals surface area (Å²) in [5, 5.41) is 9.86. The molecule has 0 aliphatic rings. The van der Waals surface area contributed by atoms with Crippen molar-refractivity contribution in [3.8, 4) is 0 Å². The van der Waals surface area contributed by atoms with Crippen molar-refractivity contribution < 1.29 is 9.52 Å². The zero-order valence-electron chi connectivity index (χ0n) is 10.9. The monoisotopic (exact) mass is 234 g/mol. The van der Waals surface area contributed by atoms with Crippen molar-refractivity contribution in [3.05, 3.63) is 47.5 Å². The molecule has 0 spiro atoms. The minimum Gasteiger partial charge on any atom is -0.472 e. The molecule has 0 aromatic carbocycles. The Kier molecular flexibility index (Phi) is 5.78. The van der Waals surface area contributed by atoms with E-state index in [0.29, 0.717) is 6.42 Å². The lowest BCUT2D eigenvalue weighted by Crippen LogP contribution is -1.93. The molecular weight excluding hydrogens is 212 g/mol. The van der Waals surface area contributed by atoms with Crippen LogP contribution in [0.25, 0.3) is 0 Å². The molecule has 2 heteroatoms. The van der Waals surface area contributed by atoms with Crippen molar-refractivity contribution in [2.45, 2.75) is 46.1 Å². The van der Waals surface area contributed by atoms with Gasteiger partial charge < -0.3 is 9.52 Å². The highest BCUT2D eigenvalue weighted by Gasteiger charge is 2.06. The molecule has 0 amide bonds. The number of rotatable bonds is 6. The highest BCUT2D eigenvalue weighted by molar-refractivity contribution is 5.12. The van der Waals surface area contributed by atoms with Gasteiger partial charge in [0.15, 0.2) is 0 Å². The second-order valence-corrected chi connectivity index (χ2v) is 4.68. The lowest BCUT2D eigenvalue weighted by Gasteiger charge is -2.05. The molecule has 1 heterocycles. The van der Waals surface area contributed by atoms with Crippen LogP contribution in [0.5, 0.6) is 0 Å². The molecule has 0 bridgehead atoms. The van der Waals surface area contributed by atoms with E-state index < -0.39 is 6.10 Å². The van der Waals surface area contributed by atoms with Crippen LogP contribution in [0.4, 0.5) is 0 Å². The molecule has 0 aliphatic carbocycles. The molecule has 17 heavy (non-hydrogen) atoms.